The molecule has 0 radical (unpaired) electrons. The molecule has 3 nitrogen and oxygen atoms in total. The lowest BCUT2D eigenvalue weighted by molar-refractivity contribution is 0.0945. The van der Waals surface area contributed by atoms with Gasteiger partial charge in [-0.1, -0.05) is 17.7 Å². The number of amides is 1. The van der Waals surface area contributed by atoms with E-state index >= 15 is 0 Å². The Kier molecular flexibility index (Phi) is 4.42. The van der Waals surface area contributed by atoms with Crippen LogP contribution in [-0.4, -0.2) is 25.7 Å². The van der Waals surface area contributed by atoms with Gasteiger partial charge in [0.1, 0.15) is 0 Å². The fourth-order valence-electron chi connectivity index (χ4n) is 1.76. The minimum Gasteiger partial charge on any atom is -0.381 e. The molecule has 2 rings (SSSR count). The van der Waals surface area contributed by atoms with Gasteiger partial charge in [-0.25, -0.2) is 0 Å². The minimum atomic E-state index is -0.136. The van der Waals surface area contributed by atoms with E-state index in [-0.39, 0.29) is 5.91 Å². The zero-order valence-corrected chi connectivity index (χ0v) is 11.6. The molecule has 1 amide bonds. The molecule has 5 heteroatoms. The average molecular weight is 319 g/mol. The first kappa shape index (κ1) is 12.9. The van der Waals surface area contributed by atoms with E-state index in [4.69, 9.17) is 16.3 Å². The van der Waals surface area contributed by atoms with E-state index in [0.717, 1.165) is 24.1 Å². The zero-order valence-electron chi connectivity index (χ0n) is 9.21. The molecule has 17 heavy (non-hydrogen) atoms. The van der Waals surface area contributed by atoms with E-state index in [1.807, 2.05) is 6.07 Å². The number of ether oxygens (including phenoxy) is 1. The molecule has 0 saturated carbocycles. The summed E-state index contributed by atoms with van der Waals surface area (Å²) in [6.45, 7) is 2.16. The van der Waals surface area contributed by atoms with Crippen LogP contribution < -0.4 is 5.32 Å². The molecule has 92 valence electrons. The second-order valence-corrected chi connectivity index (χ2v) is 5.27. The van der Waals surface area contributed by atoms with Crippen LogP contribution in [0.25, 0.3) is 0 Å². The van der Waals surface area contributed by atoms with Crippen molar-refractivity contribution in [1.29, 1.82) is 0 Å². The smallest absolute Gasteiger partial charge is 0.252 e. The lowest BCUT2D eigenvalue weighted by Crippen LogP contribution is -2.29. The van der Waals surface area contributed by atoms with Crippen molar-refractivity contribution >= 4 is 33.4 Å². The Bertz CT molecular complexity index is 419. The van der Waals surface area contributed by atoms with Crippen molar-refractivity contribution in [2.24, 2.45) is 5.92 Å². The van der Waals surface area contributed by atoms with Gasteiger partial charge in [-0.3, -0.25) is 4.79 Å². The van der Waals surface area contributed by atoms with E-state index in [0.29, 0.717) is 23.0 Å². The summed E-state index contributed by atoms with van der Waals surface area (Å²) >= 11 is 9.35. The molecule has 1 heterocycles. The molecule has 1 N–H and O–H groups in total. The zero-order chi connectivity index (χ0) is 12.3. The maximum Gasteiger partial charge on any atom is 0.252 e. The van der Waals surface area contributed by atoms with E-state index in [2.05, 4.69) is 21.2 Å². The van der Waals surface area contributed by atoms with Gasteiger partial charge < -0.3 is 10.1 Å². The van der Waals surface area contributed by atoms with Crippen LogP contribution in [0.4, 0.5) is 0 Å². The van der Waals surface area contributed by atoms with Crippen molar-refractivity contribution in [3.8, 4) is 0 Å². The molecule has 1 aliphatic rings. The number of rotatable bonds is 3. The van der Waals surface area contributed by atoms with E-state index in [9.17, 15) is 4.79 Å². The number of hydrogen-bond acceptors (Lipinski definition) is 2. The van der Waals surface area contributed by atoms with Crippen LogP contribution in [0.5, 0.6) is 0 Å². The highest BCUT2D eigenvalue weighted by Crippen LogP contribution is 2.25. The Hall–Kier alpha value is -0.580. The van der Waals surface area contributed by atoms with E-state index in [1.165, 1.54) is 0 Å². The summed E-state index contributed by atoms with van der Waals surface area (Å²) < 4.78 is 5.99. The summed E-state index contributed by atoms with van der Waals surface area (Å²) in [4.78, 5) is 11.9. The second kappa shape index (κ2) is 5.85. The third-order valence-corrected chi connectivity index (χ3v) is 4.07. The highest BCUT2D eigenvalue weighted by Gasteiger charge is 2.18. The number of carbonyl (C=O) groups is 1. The standard InChI is InChI=1S/C12H13BrClNO2/c13-10-3-1-2-9(11(10)14)12(16)15-6-8-4-5-17-7-8/h1-3,8H,4-7H2,(H,15,16). The predicted octanol–water partition coefficient (Wildman–Crippen LogP) is 2.87. The van der Waals surface area contributed by atoms with Crippen LogP contribution >= 0.6 is 27.5 Å². The molecule has 1 fully saturated rings. The van der Waals surface area contributed by atoms with Gasteiger partial charge >= 0.3 is 0 Å². The lowest BCUT2D eigenvalue weighted by atomic mass is 10.1. The van der Waals surface area contributed by atoms with Gasteiger partial charge in [0.05, 0.1) is 17.2 Å². The molecule has 1 atom stereocenters. The molecule has 1 aromatic rings. The van der Waals surface area contributed by atoms with Crippen molar-refractivity contribution in [1.82, 2.24) is 5.32 Å². The number of hydrogen-bond donors (Lipinski definition) is 1. The Labute approximate surface area is 114 Å². The second-order valence-electron chi connectivity index (χ2n) is 4.04. The van der Waals surface area contributed by atoms with Crippen LogP contribution in [0, 0.1) is 5.92 Å². The largest absolute Gasteiger partial charge is 0.381 e. The topological polar surface area (TPSA) is 38.3 Å². The number of benzene rings is 1. The molecular formula is C12H13BrClNO2. The molecule has 0 bridgehead atoms. The lowest BCUT2D eigenvalue weighted by Gasteiger charge is -2.10. The summed E-state index contributed by atoms with van der Waals surface area (Å²) in [5.41, 5.74) is 0.500. The first-order valence-electron chi connectivity index (χ1n) is 5.48. The Morgan fingerprint density at radius 3 is 3.12 bits per heavy atom. The summed E-state index contributed by atoms with van der Waals surface area (Å²) in [5, 5.41) is 3.34. The quantitative estimate of drug-likeness (QED) is 0.930. The fraction of sp³-hybridized carbons (Fsp3) is 0.417. The maximum atomic E-state index is 11.9. The minimum absolute atomic E-state index is 0.136. The Morgan fingerprint density at radius 2 is 2.41 bits per heavy atom. The van der Waals surface area contributed by atoms with Crippen molar-refractivity contribution in [3.63, 3.8) is 0 Å². The predicted molar refractivity (Wildman–Crippen MR) is 70.4 cm³/mol. The molecular weight excluding hydrogens is 305 g/mol. The molecule has 1 aromatic carbocycles. The van der Waals surface area contributed by atoms with Gasteiger partial charge in [-0.15, -0.1) is 0 Å². The molecule has 0 aliphatic carbocycles. The van der Waals surface area contributed by atoms with Gasteiger partial charge in [0, 0.05) is 23.5 Å². The van der Waals surface area contributed by atoms with Crippen LogP contribution in [0.15, 0.2) is 22.7 Å². The summed E-state index contributed by atoms with van der Waals surface area (Å²) in [6.07, 6.45) is 1.01. The SMILES string of the molecule is O=C(NCC1CCOC1)c1cccc(Br)c1Cl. The monoisotopic (exact) mass is 317 g/mol. The molecule has 1 unspecified atom stereocenters. The Balaban J connectivity index is 1.97. The summed E-state index contributed by atoms with van der Waals surface area (Å²) in [5.74, 6) is 0.285. The van der Waals surface area contributed by atoms with Gasteiger partial charge in [0.25, 0.3) is 5.91 Å². The highest BCUT2D eigenvalue weighted by atomic mass is 79.9. The van der Waals surface area contributed by atoms with Gasteiger partial charge in [0.15, 0.2) is 0 Å². The van der Waals surface area contributed by atoms with Crippen molar-refractivity contribution < 1.29 is 9.53 Å². The van der Waals surface area contributed by atoms with Crippen LogP contribution in [0.1, 0.15) is 16.8 Å². The summed E-state index contributed by atoms with van der Waals surface area (Å²) in [7, 11) is 0. The normalized spacial score (nSPS) is 19.3. The Morgan fingerprint density at radius 1 is 1.59 bits per heavy atom. The third-order valence-electron chi connectivity index (χ3n) is 2.77. The third kappa shape index (κ3) is 3.21. The number of nitrogens with one attached hydrogen (secondary N) is 1. The van der Waals surface area contributed by atoms with Crippen molar-refractivity contribution in [3.05, 3.63) is 33.3 Å². The first-order chi connectivity index (χ1) is 8.18. The van der Waals surface area contributed by atoms with E-state index < -0.39 is 0 Å². The van der Waals surface area contributed by atoms with Gasteiger partial charge in [-0.2, -0.15) is 0 Å². The average Bonchev–Trinajstić information content (AvgIpc) is 2.82. The highest BCUT2D eigenvalue weighted by molar-refractivity contribution is 9.10. The van der Waals surface area contributed by atoms with Gasteiger partial charge in [0.2, 0.25) is 0 Å². The van der Waals surface area contributed by atoms with Crippen LogP contribution in [0.3, 0.4) is 0 Å². The van der Waals surface area contributed by atoms with Gasteiger partial charge in [-0.05, 0) is 34.5 Å². The molecule has 0 spiro atoms. The molecule has 1 aliphatic heterocycles. The van der Waals surface area contributed by atoms with Crippen LogP contribution in [0.2, 0.25) is 5.02 Å². The number of carbonyl (C=O) groups excluding carboxylic acids is 1. The maximum absolute atomic E-state index is 11.9. The van der Waals surface area contributed by atoms with Crippen molar-refractivity contribution in [2.45, 2.75) is 6.42 Å². The number of halogens is 2. The molecule has 1 saturated heterocycles. The van der Waals surface area contributed by atoms with E-state index in [1.54, 1.807) is 12.1 Å². The van der Waals surface area contributed by atoms with Crippen LogP contribution in [-0.2, 0) is 4.74 Å². The summed E-state index contributed by atoms with van der Waals surface area (Å²) in [6, 6.07) is 5.32. The fourth-order valence-corrected chi connectivity index (χ4v) is 2.33. The first-order valence-corrected chi connectivity index (χ1v) is 6.65. The molecule has 0 aromatic heterocycles. The van der Waals surface area contributed by atoms with Crippen molar-refractivity contribution in [2.75, 3.05) is 19.8 Å².